The molecule has 1 N–H and O–H groups in total. The topological polar surface area (TPSA) is 76.5 Å². The number of aromatic nitrogens is 2. The molecule has 0 aliphatic carbocycles. The molecule has 1 aromatic heterocycles. The fraction of sp³-hybridized carbons (Fsp3) is 0.333. The van der Waals surface area contributed by atoms with Crippen molar-refractivity contribution in [3.05, 3.63) is 48.0 Å². The van der Waals surface area contributed by atoms with Gasteiger partial charge in [0, 0.05) is 33.7 Å². The molecule has 1 unspecified atom stereocenters. The molecule has 1 atom stereocenters. The van der Waals surface area contributed by atoms with Crippen molar-refractivity contribution >= 4 is 37.8 Å². The maximum absolute atomic E-state index is 13.8. The van der Waals surface area contributed by atoms with E-state index in [0.29, 0.717) is 28.5 Å². The Balaban J connectivity index is 2.07. The van der Waals surface area contributed by atoms with Gasteiger partial charge in [0.15, 0.2) is 0 Å². The Hall–Kier alpha value is -2.74. The van der Waals surface area contributed by atoms with Gasteiger partial charge in [-0.15, -0.1) is 0 Å². The Labute approximate surface area is 170 Å². The molecule has 3 aromatic rings. The van der Waals surface area contributed by atoms with Gasteiger partial charge in [-0.1, -0.05) is 6.92 Å². The van der Waals surface area contributed by atoms with E-state index in [-0.39, 0.29) is 11.9 Å². The summed E-state index contributed by atoms with van der Waals surface area (Å²) in [6.45, 7) is 5.86. The third-order valence-electron chi connectivity index (χ3n) is 4.34. The van der Waals surface area contributed by atoms with E-state index in [1.54, 1.807) is 24.6 Å². The lowest BCUT2D eigenvalue weighted by Gasteiger charge is -2.18. The number of fused-ring (bicyclic) bond motifs is 1. The molecule has 29 heavy (non-hydrogen) atoms. The minimum Gasteiger partial charge on any atom is -0.488 e. The van der Waals surface area contributed by atoms with Crippen LogP contribution in [0.25, 0.3) is 10.9 Å². The molecule has 0 spiro atoms. The SMILES string of the molecule is CCC(C)Oc1cc(F)ccc1Nc1ncnc2cc(N=S(C)(C)=O)cc(C)c12. The van der Waals surface area contributed by atoms with Gasteiger partial charge in [0.05, 0.1) is 23.0 Å². The molecule has 3 rings (SSSR count). The third kappa shape index (κ3) is 5.20. The highest BCUT2D eigenvalue weighted by molar-refractivity contribution is 7.92. The molecule has 2 aromatic carbocycles. The molecule has 0 amide bonds. The quantitative estimate of drug-likeness (QED) is 0.586. The number of benzene rings is 2. The molecule has 1 heterocycles. The first kappa shape index (κ1) is 21.0. The first-order valence-electron chi connectivity index (χ1n) is 9.32. The van der Waals surface area contributed by atoms with Crippen molar-refractivity contribution in [1.29, 1.82) is 0 Å². The van der Waals surface area contributed by atoms with Crippen LogP contribution in [0.4, 0.5) is 21.6 Å². The van der Waals surface area contributed by atoms with Crippen LogP contribution in [0, 0.1) is 12.7 Å². The number of hydrogen-bond donors (Lipinski definition) is 1. The maximum atomic E-state index is 13.8. The summed E-state index contributed by atoms with van der Waals surface area (Å²) in [6.07, 6.45) is 5.38. The average molecular weight is 417 g/mol. The van der Waals surface area contributed by atoms with Crippen LogP contribution in [0.3, 0.4) is 0 Å². The van der Waals surface area contributed by atoms with Gasteiger partial charge in [0.25, 0.3) is 0 Å². The number of halogens is 1. The first-order valence-corrected chi connectivity index (χ1v) is 11.6. The third-order valence-corrected chi connectivity index (χ3v) is 5.00. The van der Waals surface area contributed by atoms with Gasteiger partial charge in [0.1, 0.15) is 23.7 Å². The van der Waals surface area contributed by atoms with Crippen LogP contribution in [0.2, 0.25) is 0 Å². The summed E-state index contributed by atoms with van der Waals surface area (Å²) in [5.74, 6) is 0.632. The second-order valence-corrected chi connectivity index (χ2v) is 9.80. The summed E-state index contributed by atoms with van der Waals surface area (Å²) in [7, 11) is -2.28. The van der Waals surface area contributed by atoms with Crippen molar-refractivity contribution < 1.29 is 13.3 Å². The number of aryl methyl sites for hydroxylation is 1. The zero-order valence-corrected chi connectivity index (χ0v) is 18.0. The normalized spacial score (nSPS) is 12.6. The van der Waals surface area contributed by atoms with Crippen LogP contribution in [0.1, 0.15) is 25.8 Å². The minimum absolute atomic E-state index is 0.0525. The predicted octanol–water partition coefficient (Wildman–Crippen LogP) is 5.36. The number of nitrogens with zero attached hydrogens (tertiary/aromatic N) is 3. The number of ether oxygens (including phenoxy) is 1. The molecular weight excluding hydrogens is 391 g/mol. The van der Waals surface area contributed by atoms with Crippen molar-refractivity contribution in [3.63, 3.8) is 0 Å². The Bertz CT molecular complexity index is 1160. The first-order chi connectivity index (χ1) is 13.7. The van der Waals surface area contributed by atoms with Crippen LogP contribution in [0.5, 0.6) is 5.75 Å². The maximum Gasteiger partial charge on any atom is 0.146 e. The molecule has 0 radical (unpaired) electrons. The highest BCUT2D eigenvalue weighted by Gasteiger charge is 2.13. The van der Waals surface area contributed by atoms with Gasteiger partial charge in [-0.3, -0.25) is 0 Å². The summed E-state index contributed by atoms with van der Waals surface area (Å²) in [5.41, 5.74) is 2.79. The molecule has 0 fully saturated rings. The zero-order valence-electron chi connectivity index (χ0n) is 17.2. The lowest BCUT2D eigenvalue weighted by molar-refractivity contribution is 0.218. The van der Waals surface area contributed by atoms with Gasteiger partial charge < -0.3 is 10.1 Å². The molecule has 0 bridgehead atoms. The van der Waals surface area contributed by atoms with Crippen LogP contribution in [-0.4, -0.2) is 32.8 Å². The van der Waals surface area contributed by atoms with Crippen LogP contribution in [0.15, 0.2) is 41.0 Å². The van der Waals surface area contributed by atoms with Gasteiger partial charge in [-0.05, 0) is 50.1 Å². The van der Waals surface area contributed by atoms with Crippen LogP contribution < -0.4 is 10.1 Å². The van der Waals surface area contributed by atoms with Crippen molar-refractivity contribution in [2.45, 2.75) is 33.3 Å². The standard InChI is InChI=1S/C21H25FN4O2S/c1-6-14(3)28-19-10-15(22)7-8-17(19)25-21-20-13(2)9-16(26-29(4,5)27)11-18(20)23-12-24-21/h7-12,14H,6H2,1-5H3,(H,23,24,25). The molecular formula is C21H25FN4O2S. The minimum atomic E-state index is -2.28. The Morgan fingerprint density at radius 1 is 1.24 bits per heavy atom. The lowest BCUT2D eigenvalue weighted by atomic mass is 10.1. The second kappa shape index (κ2) is 8.32. The van der Waals surface area contributed by atoms with Gasteiger partial charge in [-0.25, -0.2) is 18.6 Å². The smallest absolute Gasteiger partial charge is 0.146 e. The summed E-state index contributed by atoms with van der Waals surface area (Å²) in [4.78, 5) is 8.71. The lowest BCUT2D eigenvalue weighted by Crippen LogP contribution is -2.11. The summed E-state index contributed by atoms with van der Waals surface area (Å²) in [6, 6.07) is 8.00. The largest absolute Gasteiger partial charge is 0.488 e. The molecule has 154 valence electrons. The number of rotatable bonds is 6. The molecule has 0 saturated carbocycles. The van der Waals surface area contributed by atoms with E-state index in [2.05, 4.69) is 19.6 Å². The number of hydrogen-bond acceptors (Lipinski definition) is 6. The van der Waals surface area contributed by atoms with Gasteiger partial charge in [-0.2, -0.15) is 4.36 Å². The number of anilines is 2. The monoisotopic (exact) mass is 416 g/mol. The van der Waals surface area contributed by atoms with Crippen molar-refractivity contribution in [2.24, 2.45) is 4.36 Å². The second-order valence-electron chi connectivity index (χ2n) is 7.25. The molecule has 8 heteroatoms. The van der Waals surface area contributed by atoms with Gasteiger partial charge in [0.2, 0.25) is 0 Å². The molecule has 0 aliphatic rings. The van der Waals surface area contributed by atoms with E-state index in [1.165, 1.54) is 18.5 Å². The highest BCUT2D eigenvalue weighted by atomic mass is 32.2. The van der Waals surface area contributed by atoms with E-state index in [1.807, 2.05) is 26.8 Å². The fourth-order valence-electron chi connectivity index (χ4n) is 2.90. The Morgan fingerprint density at radius 2 is 2.00 bits per heavy atom. The molecule has 6 nitrogen and oxygen atoms in total. The highest BCUT2D eigenvalue weighted by Crippen LogP contribution is 2.34. The summed E-state index contributed by atoms with van der Waals surface area (Å²) >= 11 is 0. The van der Waals surface area contributed by atoms with E-state index in [9.17, 15) is 8.60 Å². The van der Waals surface area contributed by atoms with Crippen LogP contribution >= 0.6 is 0 Å². The Kier molecular flexibility index (Phi) is 6.02. The van der Waals surface area contributed by atoms with Crippen LogP contribution in [-0.2, 0) is 9.73 Å². The number of nitrogens with one attached hydrogen (secondary N) is 1. The fourth-order valence-corrected chi connectivity index (χ4v) is 3.51. The molecule has 0 saturated heterocycles. The molecule has 0 aliphatic heterocycles. The van der Waals surface area contributed by atoms with E-state index >= 15 is 0 Å². The summed E-state index contributed by atoms with van der Waals surface area (Å²) in [5, 5.41) is 4.06. The van der Waals surface area contributed by atoms with Crippen molar-refractivity contribution in [3.8, 4) is 5.75 Å². The van der Waals surface area contributed by atoms with E-state index in [0.717, 1.165) is 17.4 Å². The zero-order chi connectivity index (χ0) is 21.2. The Morgan fingerprint density at radius 3 is 2.69 bits per heavy atom. The van der Waals surface area contributed by atoms with Crippen molar-refractivity contribution in [1.82, 2.24) is 9.97 Å². The average Bonchev–Trinajstić information content (AvgIpc) is 2.62. The van der Waals surface area contributed by atoms with E-state index < -0.39 is 9.73 Å². The van der Waals surface area contributed by atoms with Gasteiger partial charge >= 0.3 is 0 Å². The van der Waals surface area contributed by atoms with Crippen molar-refractivity contribution in [2.75, 3.05) is 17.8 Å². The predicted molar refractivity (Wildman–Crippen MR) is 116 cm³/mol. The van der Waals surface area contributed by atoms with E-state index in [4.69, 9.17) is 4.74 Å². The summed E-state index contributed by atoms with van der Waals surface area (Å²) < 4.78 is 35.9.